The Bertz CT molecular complexity index is 1480. The first-order chi connectivity index (χ1) is 19.1. The molecule has 3 aromatic rings. The van der Waals surface area contributed by atoms with Gasteiger partial charge in [0.25, 0.3) is 11.9 Å². The molecule has 0 bridgehead atoms. The van der Waals surface area contributed by atoms with Crippen molar-refractivity contribution in [2.75, 3.05) is 36.5 Å². The number of alkyl halides is 3. The van der Waals surface area contributed by atoms with Crippen molar-refractivity contribution in [1.29, 1.82) is 10.8 Å². The molecule has 2 aliphatic rings. The molecule has 1 unspecified atom stereocenters. The van der Waals surface area contributed by atoms with Crippen LogP contribution in [0.1, 0.15) is 27.3 Å². The first-order valence-electron chi connectivity index (χ1n) is 12.2. The summed E-state index contributed by atoms with van der Waals surface area (Å²) in [5.41, 5.74) is 0.895. The van der Waals surface area contributed by atoms with Crippen LogP contribution in [-0.4, -0.2) is 61.0 Å². The van der Waals surface area contributed by atoms with Crippen LogP contribution in [0.3, 0.4) is 0 Å². The first-order valence-corrected chi connectivity index (χ1v) is 13.0. The number of nitrogens with zero attached hydrogens (tertiary/aromatic N) is 3. The van der Waals surface area contributed by atoms with E-state index >= 15 is 0 Å². The Hall–Kier alpha value is -4.30. The zero-order valence-corrected chi connectivity index (χ0v) is 21.9. The largest absolute Gasteiger partial charge is 0.417 e. The predicted molar refractivity (Wildman–Crippen MR) is 145 cm³/mol. The second kappa shape index (κ2) is 11.1. The van der Waals surface area contributed by atoms with Crippen molar-refractivity contribution in [3.8, 4) is 0 Å². The molecule has 14 heteroatoms. The van der Waals surface area contributed by atoms with Gasteiger partial charge in [0, 0.05) is 35.3 Å². The normalized spacial score (nSPS) is 17.3. The standard InChI is InChI=1S/C26H24F3N7O3S/c1-14-11-17-19(15-5-3-2-4-6-15)33-22(23(37)35-24(17)40-14)34-25(31)39-21(30)20-18(36-7-9-38-10-8-36)12-16(13-32-20)26(27,28)29/h2-6,11-13,22,30H,7-10H2,1H3,(H2,31,34)(H,35,37). The third-order valence-electron chi connectivity index (χ3n) is 6.13. The lowest BCUT2D eigenvalue weighted by Crippen LogP contribution is -2.43. The highest BCUT2D eigenvalue weighted by Crippen LogP contribution is 2.34. The van der Waals surface area contributed by atoms with Crippen molar-refractivity contribution in [2.24, 2.45) is 4.99 Å². The molecular weight excluding hydrogens is 547 g/mol. The zero-order valence-electron chi connectivity index (χ0n) is 21.1. The molecule has 2 aliphatic heterocycles. The van der Waals surface area contributed by atoms with Gasteiger partial charge in [-0.3, -0.25) is 15.6 Å². The van der Waals surface area contributed by atoms with Gasteiger partial charge in [0.1, 0.15) is 10.7 Å². The number of pyridine rings is 1. The van der Waals surface area contributed by atoms with Crippen molar-refractivity contribution >= 4 is 45.6 Å². The van der Waals surface area contributed by atoms with Crippen LogP contribution in [0.15, 0.2) is 53.7 Å². The maximum Gasteiger partial charge on any atom is 0.417 e. The molecule has 4 N–H and O–H groups in total. The third-order valence-corrected chi connectivity index (χ3v) is 7.10. The Morgan fingerprint density at radius 1 is 1.20 bits per heavy atom. The van der Waals surface area contributed by atoms with Gasteiger partial charge in [0.05, 0.1) is 30.2 Å². The lowest BCUT2D eigenvalue weighted by molar-refractivity contribution is -0.137. The van der Waals surface area contributed by atoms with Gasteiger partial charge in [0.15, 0.2) is 0 Å². The summed E-state index contributed by atoms with van der Waals surface area (Å²) in [5.74, 6) is -1.21. The number of hydrogen-bond acceptors (Lipinski definition) is 9. The van der Waals surface area contributed by atoms with E-state index < -0.39 is 35.7 Å². The Balaban J connectivity index is 1.39. The molecule has 4 heterocycles. The number of rotatable bonds is 4. The molecule has 40 heavy (non-hydrogen) atoms. The number of carbonyl (C=O) groups is 1. The highest BCUT2D eigenvalue weighted by atomic mass is 32.1. The number of nitrogens with one attached hydrogen (secondary N) is 4. The number of amidine groups is 1. The highest BCUT2D eigenvalue weighted by Gasteiger charge is 2.34. The number of fused-ring (bicyclic) bond motifs is 1. The van der Waals surface area contributed by atoms with E-state index in [0.717, 1.165) is 22.1 Å². The molecule has 0 aliphatic carbocycles. The molecule has 1 fully saturated rings. The minimum absolute atomic E-state index is 0.0346. The summed E-state index contributed by atoms with van der Waals surface area (Å²) in [6.07, 6.45) is -5.30. The number of aliphatic imine (C=N–C) groups is 1. The molecule has 10 nitrogen and oxygen atoms in total. The maximum absolute atomic E-state index is 13.4. The second-order valence-corrected chi connectivity index (χ2v) is 10.2. The fraction of sp³-hybridized carbons (Fsp3) is 0.269. The van der Waals surface area contributed by atoms with E-state index in [1.807, 2.05) is 43.3 Å². The van der Waals surface area contributed by atoms with Crippen LogP contribution < -0.4 is 15.5 Å². The van der Waals surface area contributed by atoms with Crippen molar-refractivity contribution in [2.45, 2.75) is 19.3 Å². The fourth-order valence-electron chi connectivity index (χ4n) is 4.28. The molecule has 1 saturated heterocycles. The minimum Gasteiger partial charge on any atom is -0.405 e. The topological polar surface area (TPSA) is 136 Å². The number of thiophene rings is 1. The van der Waals surface area contributed by atoms with Gasteiger partial charge in [-0.1, -0.05) is 30.3 Å². The van der Waals surface area contributed by atoms with Gasteiger partial charge < -0.3 is 25.0 Å². The van der Waals surface area contributed by atoms with Crippen LogP contribution in [0.2, 0.25) is 0 Å². The smallest absolute Gasteiger partial charge is 0.405 e. The van der Waals surface area contributed by atoms with Gasteiger partial charge in [-0.25, -0.2) is 9.98 Å². The maximum atomic E-state index is 13.4. The SMILES string of the molecule is Cc1cc2c(s1)NC(=O)C(NC(=N)OC(=N)c1ncc(C(F)(F)F)cc1N1CCOCC1)N=C2c1ccccc1. The number of ether oxygens (including phenoxy) is 2. The van der Waals surface area contributed by atoms with Gasteiger partial charge in [-0.2, -0.15) is 13.2 Å². The molecule has 0 saturated carbocycles. The lowest BCUT2D eigenvalue weighted by atomic mass is 10.0. The van der Waals surface area contributed by atoms with Crippen LogP contribution in [-0.2, 0) is 20.4 Å². The summed E-state index contributed by atoms with van der Waals surface area (Å²) in [6.45, 7) is 3.10. The van der Waals surface area contributed by atoms with Crippen LogP contribution in [0.25, 0.3) is 0 Å². The Kier molecular flexibility index (Phi) is 7.54. The summed E-state index contributed by atoms with van der Waals surface area (Å²) < 4.78 is 50.8. The Labute approximate surface area is 230 Å². The zero-order chi connectivity index (χ0) is 28.4. The van der Waals surface area contributed by atoms with E-state index in [1.54, 1.807) is 4.90 Å². The average Bonchev–Trinajstić information content (AvgIpc) is 3.24. The molecule has 1 amide bonds. The number of aryl methyl sites for hydroxylation is 1. The van der Waals surface area contributed by atoms with Gasteiger partial charge in [0.2, 0.25) is 12.1 Å². The number of morpholine rings is 1. The molecule has 2 aromatic heterocycles. The fourth-order valence-corrected chi connectivity index (χ4v) is 5.19. The molecule has 1 aromatic carbocycles. The quantitative estimate of drug-likeness (QED) is 0.276. The predicted octanol–water partition coefficient (Wildman–Crippen LogP) is 3.99. The van der Waals surface area contributed by atoms with E-state index in [-0.39, 0.29) is 11.4 Å². The summed E-state index contributed by atoms with van der Waals surface area (Å²) in [6, 6.07) is 11.4. The van der Waals surface area contributed by atoms with E-state index in [9.17, 15) is 18.0 Å². The Morgan fingerprint density at radius 3 is 2.62 bits per heavy atom. The average molecular weight is 572 g/mol. The summed E-state index contributed by atoms with van der Waals surface area (Å²) in [5, 5.41) is 22.7. The number of carbonyl (C=O) groups excluding carboxylic acids is 1. The number of aromatic nitrogens is 1. The van der Waals surface area contributed by atoms with Crippen molar-refractivity contribution < 1.29 is 27.4 Å². The number of amides is 1. The van der Waals surface area contributed by atoms with E-state index in [2.05, 4.69) is 20.6 Å². The van der Waals surface area contributed by atoms with Gasteiger partial charge in [-0.15, -0.1) is 11.3 Å². The molecule has 1 atom stereocenters. The van der Waals surface area contributed by atoms with E-state index in [4.69, 9.17) is 20.3 Å². The molecule has 208 valence electrons. The van der Waals surface area contributed by atoms with Crippen LogP contribution in [0.5, 0.6) is 0 Å². The van der Waals surface area contributed by atoms with Crippen molar-refractivity contribution in [3.63, 3.8) is 0 Å². The van der Waals surface area contributed by atoms with E-state index in [1.165, 1.54) is 11.3 Å². The summed E-state index contributed by atoms with van der Waals surface area (Å²) in [7, 11) is 0. The molecule has 5 rings (SSSR count). The van der Waals surface area contributed by atoms with E-state index in [0.29, 0.717) is 43.2 Å². The van der Waals surface area contributed by atoms with Crippen molar-refractivity contribution in [1.82, 2.24) is 10.3 Å². The number of anilines is 2. The van der Waals surface area contributed by atoms with Crippen molar-refractivity contribution in [3.05, 3.63) is 75.9 Å². The first kappa shape index (κ1) is 27.3. The molecule has 0 radical (unpaired) electrons. The monoisotopic (exact) mass is 571 g/mol. The molecule has 0 spiro atoms. The lowest BCUT2D eigenvalue weighted by Gasteiger charge is -2.30. The summed E-state index contributed by atoms with van der Waals surface area (Å²) >= 11 is 1.39. The summed E-state index contributed by atoms with van der Waals surface area (Å²) in [4.78, 5) is 24.0. The minimum atomic E-state index is -4.63. The number of hydrogen-bond donors (Lipinski definition) is 4. The van der Waals surface area contributed by atoms with Crippen LogP contribution in [0, 0.1) is 17.7 Å². The van der Waals surface area contributed by atoms with Gasteiger partial charge >= 0.3 is 6.18 Å². The number of benzene rings is 1. The third kappa shape index (κ3) is 5.82. The van der Waals surface area contributed by atoms with Gasteiger partial charge in [-0.05, 0) is 19.1 Å². The van der Waals surface area contributed by atoms with Crippen LogP contribution in [0.4, 0.5) is 23.9 Å². The number of halogens is 3. The molecular formula is C26H24F3N7O3S. The highest BCUT2D eigenvalue weighted by molar-refractivity contribution is 7.16. The second-order valence-electron chi connectivity index (χ2n) is 8.93. The van der Waals surface area contributed by atoms with Crippen LogP contribution >= 0.6 is 11.3 Å². The Morgan fingerprint density at radius 2 is 1.93 bits per heavy atom.